The third kappa shape index (κ3) is 4.56. The van der Waals surface area contributed by atoms with Crippen LogP contribution in [0.5, 0.6) is 0 Å². The van der Waals surface area contributed by atoms with E-state index in [2.05, 4.69) is 10.4 Å². The normalized spacial score (nSPS) is 19.7. The number of hydrogen-bond acceptors (Lipinski definition) is 5. The van der Waals surface area contributed by atoms with Crippen molar-refractivity contribution >= 4 is 27.3 Å². The molecule has 0 aliphatic carbocycles. The van der Waals surface area contributed by atoms with Crippen LogP contribution in [0, 0.1) is 5.92 Å². The summed E-state index contributed by atoms with van der Waals surface area (Å²) in [4.78, 5) is 12.7. The summed E-state index contributed by atoms with van der Waals surface area (Å²) in [5, 5.41) is 17.3. The summed E-state index contributed by atoms with van der Waals surface area (Å²) < 4.78 is 25.5. The minimum absolute atomic E-state index is 0.00158. The Kier molecular flexibility index (Phi) is 6.12. The standard InChI is InChI=1S/C19H24ClN3O4S/c1-12(2)17(10-24)21-19(25)16-9-18(13-3-5-14(20)6-4-13)23(22-16)15-7-8-28(26,27)11-15/h3-6,9,12,15,17,24H,7-8,10-11H2,1-2H3,(H,21,25)/t15?,17-/m1/s1. The number of halogens is 1. The van der Waals surface area contributed by atoms with E-state index in [4.69, 9.17) is 11.6 Å². The number of benzene rings is 1. The van der Waals surface area contributed by atoms with Crippen molar-refractivity contribution < 1.29 is 18.3 Å². The summed E-state index contributed by atoms with van der Waals surface area (Å²) in [5.74, 6) is -0.227. The highest BCUT2D eigenvalue weighted by Crippen LogP contribution is 2.30. The Morgan fingerprint density at radius 3 is 2.57 bits per heavy atom. The summed E-state index contributed by atoms with van der Waals surface area (Å²) >= 11 is 5.97. The molecule has 1 amide bonds. The number of aliphatic hydroxyl groups excluding tert-OH is 1. The number of amides is 1. The van der Waals surface area contributed by atoms with Gasteiger partial charge in [0.05, 0.1) is 35.9 Å². The quantitative estimate of drug-likeness (QED) is 0.739. The van der Waals surface area contributed by atoms with Gasteiger partial charge in [0.25, 0.3) is 5.91 Å². The lowest BCUT2D eigenvalue weighted by Gasteiger charge is -2.19. The first-order chi connectivity index (χ1) is 13.2. The Morgan fingerprint density at radius 1 is 1.36 bits per heavy atom. The minimum Gasteiger partial charge on any atom is -0.394 e. The number of nitrogens with zero attached hydrogens (tertiary/aromatic N) is 2. The molecule has 0 radical (unpaired) electrons. The predicted molar refractivity (Wildman–Crippen MR) is 108 cm³/mol. The van der Waals surface area contributed by atoms with Gasteiger partial charge in [-0.2, -0.15) is 5.10 Å². The number of rotatable bonds is 6. The van der Waals surface area contributed by atoms with Crippen LogP contribution in [-0.2, 0) is 9.84 Å². The van der Waals surface area contributed by atoms with E-state index in [0.717, 1.165) is 5.56 Å². The number of aliphatic hydroxyl groups is 1. The molecule has 1 aliphatic rings. The van der Waals surface area contributed by atoms with E-state index in [1.54, 1.807) is 22.9 Å². The van der Waals surface area contributed by atoms with Gasteiger partial charge in [-0.3, -0.25) is 9.48 Å². The van der Waals surface area contributed by atoms with E-state index >= 15 is 0 Å². The van der Waals surface area contributed by atoms with Crippen LogP contribution in [0.25, 0.3) is 11.3 Å². The van der Waals surface area contributed by atoms with Crippen LogP contribution in [0.1, 0.15) is 36.8 Å². The van der Waals surface area contributed by atoms with E-state index in [9.17, 15) is 18.3 Å². The first kappa shape index (κ1) is 20.8. The van der Waals surface area contributed by atoms with Crippen LogP contribution in [0.3, 0.4) is 0 Å². The van der Waals surface area contributed by atoms with Gasteiger partial charge in [-0.05, 0) is 36.1 Å². The van der Waals surface area contributed by atoms with Crippen LogP contribution >= 0.6 is 11.6 Å². The molecule has 2 N–H and O–H groups in total. The molecule has 2 atom stereocenters. The lowest BCUT2D eigenvalue weighted by atomic mass is 10.1. The number of hydrogen-bond donors (Lipinski definition) is 2. The maximum absolute atomic E-state index is 12.7. The zero-order valence-corrected chi connectivity index (χ0v) is 17.4. The van der Waals surface area contributed by atoms with Crippen molar-refractivity contribution in [2.24, 2.45) is 5.92 Å². The summed E-state index contributed by atoms with van der Waals surface area (Å²) in [7, 11) is -3.11. The molecule has 1 fully saturated rings. The minimum atomic E-state index is -3.11. The highest BCUT2D eigenvalue weighted by atomic mass is 35.5. The van der Waals surface area contributed by atoms with Gasteiger partial charge in [-0.1, -0.05) is 37.6 Å². The summed E-state index contributed by atoms with van der Waals surface area (Å²) in [6.45, 7) is 3.64. The SMILES string of the molecule is CC(C)[C@@H](CO)NC(=O)c1cc(-c2ccc(Cl)cc2)n(C2CCS(=O)(=O)C2)n1. The molecule has 7 nitrogen and oxygen atoms in total. The van der Waals surface area contributed by atoms with Crippen LogP contribution in [0.15, 0.2) is 30.3 Å². The molecule has 1 aromatic heterocycles. The molecule has 1 aromatic carbocycles. The lowest BCUT2D eigenvalue weighted by molar-refractivity contribution is 0.0890. The third-order valence-corrected chi connectivity index (χ3v) is 6.98. The van der Waals surface area contributed by atoms with E-state index < -0.39 is 15.7 Å². The van der Waals surface area contributed by atoms with E-state index in [-0.39, 0.29) is 41.8 Å². The molecule has 2 heterocycles. The van der Waals surface area contributed by atoms with Crippen LogP contribution in [0.4, 0.5) is 0 Å². The summed E-state index contributed by atoms with van der Waals surface area (Å²) in [6.07, 6.45) is 0.455. The van der Waals surface area contributed by atoms with Gasteiger partial charge < -0.3 is 10.4 Å². The maximum atomic E-state index is 12.7. The highest BCUT2D eigenvalue weighted by molar-refractivity contribution is 7.91. The van der Waals surface area contributed by atoms with E-state index in [1.807, 2.05) is 26.0 Å². The first-order valence-corrected chi connectivity index (χ1v) is 11.4. The number of nitrogens with one attached hydrogen (secondary N) is 1. The van der Waals surface area contributed by atoms with E-state index in [1.165, 1.54) is 0 Å². The fourth-order valence-corrected chi connectivity index (χ4v) is 5.07. The van der Waals surface area contributed by atoms with Gasteiger partial charge in [-0.25, -0.2) is 8.42 Å². The van der Waals surface area contributed by atoms with Gasteiger partial charge in [0.2, 0.25) is 0 Å². The average Bonchev–Trinajstić information content (AvgIpc) is 3.23. The molecule has 1 saturated heterocycles. The van der Waals surface area contributed by atoms with Crippen molar-refractivity contribution in [2.75, 3.05) is 18.1 Å². The molecule has 152 valence electrons. The molecule has 0 spiro atoms. The molecule has 1 unspecified atom stereocenters. The molecule has 3 rings (SSSR count). The maximum Gasteiger partial charge on any atom is 0.272 e. The van der Waals surface area contributed by atoms with Gasteiger partial charge in [0.15, 0.2) is 15.5 Å². The topological polar surface area (TPSA) is 101 Å². The Morgan fingerprint density at radius 2 is 2.04 bits per heavy atom. The smallest absolute Gasteiger partial charge is 0.272 e. The molecule has 0 saturated carbocycles. The fourth-order valence-electron chi connectivity index (χ4n) is 3.25. The van der Waals surface area contributed by atoms with Crippen molar-refractivity contribution in [1.82, 2.24) is 15.1 Å². The molecule has 0 bridgehead atoms. The predicted octanol–water partition coefficient (Wildman–Crippen LogP) is 2.31. The summed E-state index contributed by atoms with van der Waals surface area (Å²) in [6, 6.07) is 8.04. The molecule has 2 aromatic rings. The lowest BCUT2D eigenvalue weighted by Crippen LogP contribution is -2.41. The van der Waals surface area contributed by atoms with Gasteiger partial charge in [0.1, 0.15) is 0 Å². The zero-order valence-electron chi connectivity index (χ0n) is 15.8. The number of aromatic nitrogens is 2. The van der Waals surface area contributed by atoms with Crippen molar-refractivity contribution in [1.29, 1.82) is 0 Å². The number of carbonyl (C=O) groups is 1. The molecular formula is C19H24ClN3O4S. The van der Waals surface area contributed by atoms with Crippen LogP contribution in [0.2, 0.25) is 5.02 Å². The van der Waals surface area contributed by atoms with Crippen molar-refractivity contribution in [3.8, 4) is 11.3 Å². The molecular weight excluding hydrogens is 402 g/mol. The molecule has 9 heteroatoms. The van der Waals surface area contributed by atoms with Gasteiger partial charge in [-0.15, -0.1) is 0 Å². The molecule has 1 aliphatic heterocycles. The second-order valence-corrected chi connectivity index (χ2v) is 10.1. The third-order valence-electron chi connectivity index (χ3n) is 4.98. The van der Waals surface area contributed by atoms with Gasteiger partial charge in [0, 0.05) is 5.02 Å². The van der Waals surface area contributed by atoms with Crippen molar-refractivity contribution in [3.05, 3.63) is 41.0 Å². The highest BCUT2D eigenvalue weighted by Gasteiger charge is 2.32. The Balaban J connectivity index is 1.98. The fraction of sp³-hybridized carbons (Fsp3) is 0.474. The second-order valence-electron chi connectivity index (χ2n) is 7.43. The zero-order chi connectivity index (χ0) is 20.5. The largest absolute Gasteiger partial charge is 0.394 e. The second kappa shape index (κ2) is 8.23. The number of carbonyl (C=O) groups excluding carboxylic acids is 1. The van der Waals surface area contributed by atoms with Crippen LogP contribution in [-0.4, -0.2) is 53.4 Å². The monoisotopic (exact) mass is 425 g/mol. The molecule has 28 heavy (non-hydrogen) atoms. The average molecular weight is 426 g/mol. The van der Waals surface area contributed by atoms with Gasteiger partial charge >= 0.3 is 0 Å². The first-order valence-electron chi connectivity index (χ1n) is 9.18. The van der Waals surface area contributed by atoms with Crippen molar-refractivity contribution in [3.63, 3.8) is 0 Å². The Labute approximate surface area is 169 Å². The van der Waals surface area contributed by atoms with E-state index in [0.29, 0.717) is 17.1 Å². The Bertz CT molecular complexity index is 954. The van der Waals surface area contributed by atoms with Crippen LogP contribution < -0.4 is 5.32 Å². The van der Waals surface area contributed by atoms with Crippen molar-refractivity contribution in [2.45, 2.75) is 32.4 Å². The number of sulfone groups is 1. The summed E-state index contributed by atoms with van der Waals surface area (Å²) in [5.41, 5.74) is 1.64. The Hall–Kier alpha value is -1.90.